The molecular formula is C19H21N5O. The van der Waals surface area contributed by atoms with Gasteiger partial charge in [-0.05, 0) is 25.0 Å². The van der Waals surface area contributed by atoms with Crippen LogP contribution in [-0.4, -0.2) is 51.9 Å². The maximum Gasteiger partial charge on any atom is 0.253 e. The van der Waals surface area contributed by atoms with Crippen molar-refractivity contribution in [3.63, 3.8) is 0 Å². The van der Waals surface area contributed by atoms with Gasteiger partial charge >= 0.3 is 0 Å². The summed E-state index contributed by atoms with van der Waals surface area (Å²) in [6.45, 7) is 3.63. The predicted octanol–water partition coefficient (Wildman–Crippen LogP) is 1.96. The Morgan fingerprint density at radius 1 is 1.00 bits per heavy atom. The standard InChI is InChI=1S/C19H21N5O/c25-19(14-3-5-20-6-4-14)24-10-15-8-23(9-16(15)11-24)18-7-17(13-1-2-13)21-12-22-18/h3-7,12-13,15-16H,1-2,8-11H2. The topological polar surface area (TPSA) is 62.2 Å². The molecular weight excluding hydrogens is 314 g/mol. The van der Waals surface area contributed by atoms with Crippen molar-refractivity contribution in [3.05, 3.63) is 48.2 Å². The zero-order valence-electron chi connectivity index (χ0n) is 14.1. The number of anilines is 1. The number of hydrogen-bond acceptors (Lipinski definition) is 5. The Morgan fingerprint density at radius 2 is 1.72 bits per heavy atom. The van der Waals surface area contributed by atoms with Crippen LogP contribution in [0.3, 0.4) is 0 Å². The number of carbonyl (C=O) groups excluding carboxylic acids is 1. The molecule has 2 saturated heterocycles. The van der Waals surface area contributed by atoms with Crippen LogP contribution in [0, 0.1) is 11.8 Å². The van der Waals surface area contributed by atoms with E-state index in [2.05, 4.69) is 25.9 Å². The largest absolute Gasteiger partial charge is 0.356 e. The molecule has 6 heteroatoms. The molecule has 0 aromatic carbocycles. The molecule has 0 N–H and O–H groups in total. The second-order valence-electron chi connectivity index (χ2n) is 7.45. The molecule has 2 aromatic rings. The first-order chi connectivity index (χ1) is 12.3. The molecule has 0 bridgehead atoms. The fraction of sp³-hybridized carbons (Fsp3) is 0.474. The van der Waals surface area contributed by atoms with Gasteiger partial charge in [0, 0.05) is 73.7 Å². The first-order valence-corrected chi connectivity index (χ1v) is 9.04. The molecule has 6 nitrogen and oxygen atoms in total. The average Bonchev–Trinajstić information content (AvgIpc) is 3.32. The summed E-state index contributed by atoms with van der Waals surface area (Å²) in [5, 5.41) is 0. The number of fused-ring (bicyclic) bond motifs is 1. The lowest BCUT2D eigenvalue weighted by atomic mass is 10.0. The molecule has 1 aliphatic carbocycles. The second-order valence-corrected chi connectivity index (χ2v) is 7.45. The van der Waals surface area contributed by atoms with Crippen molar-refractivity contribution in [1.29, 1.82) is 0 Å². The van der Waals surface area contributed by atoms with Crippen LogP contribution in [0.5, 0.6) is 0 Å². The number of pyridine rings is 1. The van der Waals surface area contributed by atoms with Crippen LogP contribution in [0.2, 0.25) is 0 Å². The average molecular weight is 335 g/mol. The molecule has 1 saturated carbocycles. The Kier molecular flexibility index (Phi) is 3.43. The van der Waals surface area contributed by atoms with E-state index in [4.69, 9.17) is 0 Å². The number of carbonyl (C=O) groups is 1. The van der Waals surface area contributed by atoms with Crippen LogP contribution in [-0.2, 0) is 0 Å². The Bertz CT molecular complexity index is 777. The summed E-state index contributed by atoms with van der Waals surface area (Å²) in [7, 11) is 0. The summed E-state index contributed by atoms with van der Waals surface area (Å²) in [4.78, 5) is 29.9. The molecule has 2 aromatic heterocycles. The highest BCUT2D eigenvalue weighted by molar-refractivity contribution is 5.94. The summed E-state index contributed by atoms with van der Waals surface area (Å²) in [5.74, 6) is 2.90. The third-order valence-corrected chi connectivity index (χ3v) is 5.69. The minimum Gasteiger partial charge on any atom is -0.356 e. The highest BCUT2D eigenvalue weighted by Gasteiger charge is 2.42. The van der Waals surface area contributed by atoms with Gasteiger partial charge in [0.15, 0.2) is 0 Å². The number of likely N-dealkylation sites (tertiary alicyclic amines) is 1. The highest BCUT2D eigenvalue weighted by atomic mass is 16.2. The van der Waals surface area contributed by atoms with E-state index in [9.17, 15) is 4.79 Å². The van der Waals surface area contributed by atoms with Crippen LogP contribution < -0.4 is 4.90 Å². The van der Waals surface area contributed by atoms with E-state index in [1.165, 1.54) is 18.5 Å². The van der Waals surface area contributed by atoms with Gasteiger partial charge in [-0.1, -0.05) is 0 Å². The summed E-state index contributed by atoms with van der Waals surface area (Å²) in [5.41, 5.74) is 1.92. The van der Waals surface area contributed by atoms with Gasteiger partial charge in [0.05, 0.1) is 0 Å². The van der Waals surface area contributed by atoms with E-state index in [1.807, 2.05) is 4.90 Å². The van der Waals surface area contributed by atoms with Crippen LogP contribution in [0.15, 0.2) is 36.9 Å². The molecule has 0 radical (unpaired) electrons. The number of nitrogens with zero attached hydrogens (tertiary/aromatic N) is 5. The molecule has 2 aliphatic heterocycles. The van der Waals surface area contributed by atoms with E-state index >= 15 is 0 Å². The van der Waals surface area contributed by atoms with Crippen LogP contribution in [0.25, 0.3) is 0 Å². The summed E-state index contributed by atoms with van der Waals surface area (Å²) >= 11 is 0. The van der Waals surface area contributed by atoms with E-state index < -0.39 is 0 Å². The quantitative estimate of drug-likeness (QED) is 0.858. The van der Waals surface area contributed by atoms with Crippen molar-refractivity contribution < 1.29 is 4.79 Å². The van der Waals surface area contributed by atoms with Gasteiger partial charge in [-0.25, -0.2) is 9.97 Å². The summed E-state index contributed by atoms with van der Waals surface area (Å²) in [6, 6.07) is 5.75. The van der Waals surface area contributed by atoms with Crippen molar-refractivity contribution >= 4 is 11.7 Å². The third kappa shape index (κ3) is 2.75. The predicted molar refractivity (Wildman–Crippen MR) is 93.3 cm³/mol. The maximum atomic E-state index is 12.6. The lowest BCUT2D eigenvalue weighted by Gasteiger charge is -2.22. The molecule has 128 valence electrons. The minimum atomic E-state index is 0.126. The third-order valence-electron chi connectivity index (χ3n) is 5.69. The SMILES string of the molecule is O=C(c1ccncc1)N1CC2CN(c3cc(C4CC4)ncn3)CC2C1. The molecule has 1 amide bonds. The molecule has 2 atom stereocenters. The summed E-state index contributed by atoms with van der Waals surface area (Å²) in [6.07, 6.45) is 7.58. The molecule has 2 unspecified atom stereocenters. The molecule has 3 fully saturated rings. The van der Waals surface area contributed by atoms with E-state index in [-0.39, 0.29) is 5.91 Å². The normalized spacial score (nSPS) is 25.3. The van der Waals surface area contributed by atoms with Crippen molar-refractivity contribution in [2.45, 2.75) is 18.8 Å². The van der Waals surface area contributed by atoms with Gasteiger partial charge in [-0.15, -0.1) is 0 Å². The van der Waals surface area contributed by atoms with E-state index in [1.54, 1.807) is 30.9 Å². The maximum absolute atomic E-state index is 12.6. The van der Waals surface area contributed by atoms with E-state index in [0.717, 1.165) is 37.6 Å². The number of aromatic nitrogens is 3. The molecule has 3 aliphatic rings. The van der Waals surface area contributed by atoms with Crippen molar-refractivity contribution in [3.8, 4) is 0 Å². The monoisotopic (exact) mass is 335 g/mol. The molecule has 4 heterocycles. The van der Waals surface area contributed by atoms with Gasteiger partial charge in [-0.3, -0.25) is 9.78 Å². The minimum absolute atomic E-state index is 0.126. The molecule has 25 heavy (non-hydrogen) atoms. The van der Waals surface area contributed by atoms with Crippen LogP contribution in [0.1, 0.15) is 34.8 Å². The fourth-order valence-corrected chi connectivity index (χ4v) is 4.16. The zero-order valence-corrected chi connectivity index (χ0v) is 14.1. The Balaban J connectivity index is 1.26. The Morgan fingerprint density at radius 3 is 2.40 bits per heavy atom. The van der Waals surface area contributed by atoms with Crippen LogP contribution >= 0.6 is 0 Å². The highest BCUT2D eigenvalue weighted by Crippen LogP contribution is 2.40. The zero-order chi connectivity index (χ0) is 16.8. The lowest BCUT2D eigenvalue weighted by molar-refractivity contribution is 0.0782. The van der Waals surface area contributed by atoms with Crippen molar-refractivity contribution in [1.82, 2.24) is 19.9 Å². The number of hydrogen-bond donors (Lipinski definition) is 0. The van der Waals surface area contributed by atoms with Gasteiger partial charge in [0.2, 0.25) is 0 Å². The first kappa shape index (κ1) is 14.8. The van der Waals surface area contributed by atoms with Gasteiger partial charge in [0.1, 0.15) is 12.1 Å². The second kappa shape index (κ2) is 5.79. The fourth-order valence-electron chi connectivity index (χ4n) is 4.16. The van der Waals surface area contributed by atoms with Gasteiger partial charge < -0.3 is 9.80 Å². The first-order valence-electron chi connectivity index (χ1n) is 9.04. The smallest absolute Gasteiger partial charge is 0.253 e. The van der Waals surface area contributed by atoms with Gasteiger partial charge in [-0.2, -0.15) is 0 Å². The van der Waals surface area contributed by atoms with Crippen molar-refractivity contribution in [2.75, 3.05) is 31.1 Å². The molecule has 0 spiro atoms. The lowest BCUT2D eigenvalue weighted by Crippen LogP contribution is -2.33. The van der Waals surface area contributed by atoms with E-state index in [0.29, 0.717) is 17.8 Å². The van der Waals surface area contributed by atoms with Crippen molar-refractivity contribution in [2.24, 2.45) is 11.8 Å². The molecule has 5 rings (SSSR count). The van der Waals surface area contributed by atoms with Crippen LogP contribution in [0.4, 0.5) is 5.82 Å². The number of rotatable bonds is 3. The van der Waals surface area contributed by atoms with Gasteiger partial charge in [0.25, 0.3) is 5.91 Å². The number of amides is 1. The summed E-state index contributed by atoms with van der Waals surface area (Å²) < 4.78 is 0. The Hall–Kier alpha value is -2.50. The Labute approximate surface area is 146 Å².